The van der Waals surface area contributed by atoms with Gasteiger partial charge in [0, 0.05) is 18.6 Å². The van der Waals surface area contributed by atoms with Crippen molar-refractivity contribution in [3.63, 3.8) is 0 Å². The molecule has 1 aromatic carbocycles. The van der Waals surface area contributed by atoms with Gasteiger partial charge in [-0.2, -0.15) is 0 Å². The molecule has 2 aliphatic heterocycles. The summed E-state index contributed by atoms with van der Waals surface area (Å²) in [7, 11) is -2.94. The Bertz CT molecular complexity index is 588. The number of likely N-dealkylation sites (tertiary alicyclic amines) is 1. The lowest BCUT2D eigenvalue weighted by molar-refractivity contribution is 0.128. The zero-order valence-electron chi connectivity index (χ0n) is 12.4. The van der Waals surface area contributed by atoms with Crippen LogP contribution in [-0.4, -0.2) is 50.0 Å². The lowest BCUT2D eigenvalue weighted by Gasteiger charge is -2.43. The monoisotopic (exact) mass is 308 g/mol. The molecular weight excluding hydrogens is 284 g/mol. The Labute approximate surface area is 127 Å². The van der Waals surface area contributed by atoms with E-state index in [0.29, 0.717) is 18.2 Å². The maximum atomic E-state index is 12.1. The molecule has 2 aliphatic rings. The highest BCUT2D eigenvalue weighted by Gasteiger charge is 2.45. The number of hydrogen-bond acceptors (Lipinski definition) is 4. The molecular formula is C16H24N2O2S. The van der Waals surface area contributed by atoms with Gasteiger partial charge in [-0.15, -0.1) is 0 Å². The molecule has 0 saturated carbocycles. The molecule has 116 valence electrons. The van der Waals surface area contributed by atoms with Crippen molar-refractivity contribution in [3.05, 3.63) is 35.9 Å². The number of rotatable bonds is 3. The molecule has 0 aliphatic carbocycles. The minimum atomic E-state index is -2.94. The third kappa shape index (κ3) is 3.00. The van der Waals surface area contributed by atoms with E-state index in [0.717, 1.165) is 32.4 Å². The van der Waals surface area contributed by atoms with Gasteiger partial charge in [0.2, 0.25) is 0 Å². The average Bonchev–Trinajstić information content (AvgIpc) is 2.97. The van der Waals surface area contributed by atoms with Crippen LogP contribution in [0.25, 0.3) is 0 Å². The first kappa shape index (κ1) is 15.0. The molecule has 5 heteroatoms. The first-order chi connectivity index (χ1) is 10.0. The largest absolute Gasteiger partial charge is 0.329 e. The molecule has 0 bridgehead atoms. The smallest absolute Gasteiger partial charge is 0.152 e. The predicted octanol–water partition coefficient (Wildman–Crippen LogP) is 1.38. The van der Waals surface area contributed by atoms with E-state index in [1.54, 1.807) is 0 Å². The fourth-order valence-electron chi connectivity index (χ4n) is 3.90. The van der Waals surface area contributed by atoms with Crippen molar-refractivity contribution < 1.29 is 8.42 Å². The summed E-state index contributed by atoms with van der Waals surface area (Å²) in [5, 5.41) is 0. The summed E-state index contributed by atoms with van der Waals surface area (Å²) in [6.45, 7) is 2.32. The van der Waals surface area contributed by atoms with Crippen LogP contribution >= 0.6 is 0 Å². The van der Waals surface area contributed by atoms with Crippen LogP contribution in [0.15, 0.2) is 30.3 Å². The van der Waals surface area contributed by atoms with Crippen LogP contribution in [0.3, 0.4) is 0 Å². The van der Waals surface area contributed by atoms with Gasteiger partial charge in [0.1, 0.15) is 0 Å². The van der Waals surface area contributed by atoms with Gasteiger partial charge >= 0.3 is 0 Å². The molecule has 2 unspecified atom stereocenters. The van der Waals surface area contributed by atoms with E-state index in [1.807, 2.05) is 6.07 Å². The summed E-state index contributed by atoms with van der Waals surface area (Å²) < 4.78 is 24.1. The number of nitrogens with two attached hydrogens (primary N) is 1. The molecule has 2 saturated heterocycles. The van der Waals surface area contributed by atoms with E-state index in [4.69, 9.17) is 5.73 Å². The summed E-state index contributed by atoms with van der Waals surface area (Å²) >= 11 is 0. The highest BCUT2D eigenvalue weighted by atomic mass is 32.2. The topological polar surface area (TPSA) is 63.4 Å². The van der Waals surface area contributed by atoms with Crippen LogP contribution in [0.5, 0.6) is 0 Å². The Hall–Kier alpha value is -0.910. The molecule has 0 aromatic heterocycles. The second kappa shape index (κ2) is 5.71. The van der Waals surface area contributed by atoms with Crippen LogP contribution in [-0.2, 0) is 9.84 Å². The van der Waals surface area contributed by atoms with E-state index < -0.39 is 9.84 Å². The Balaban J connectivity index is 1.78. The molecule has 1 aromatic rings. The quantitative estimate of drug-likeness (QED) is 0.916. The Morgan fingerprint density at radius 1 is 1.29 bits per heavy atom. The van der Waals surface area contributed by atoms with Gasteiger partial charge in [0.05, 0.1) is 11.5 Å². The normalized spacial score (nSPS) is 33.1. The van der Waals surface area contributed by atoms with Gasteiger partial charge < -0.3 is 5.73 Å². The van der Waals surface area contributed by atoms with Gasteiger partial charge in [-0.3, -0.25) is 4.90 Å². The van der Waals surface area contributed by atoms with Crippen molar-refractivity contribution in [2.24, 2.45) is 5.73 Å². The van der Waals surface area contributed by atoms with Gasteiger partial charge in [-0.25, -0.2) is 8.42 Å². The number of sulfone groups is 1. The minimum Gasteiger partial charge on any atom is -0.329 e. The van der Waals surface area contributed by atoms with Crippen molar-refractivity contribution in [2.45, 2.75) is 30.7 Å². The van der Waals surface area contributed by atoms with Crippen molar-refractivity contribution in [2.75, 3.05) is 31.1 Å². The second-order valence-electron chi connectivity index (χ2n) is 6.47. The molecule has 2 fully saturated rings. The van der Waals surface area contributed by atoms with Crippen LogP contribution in [0.1, 0.15) is 30.7 Å². The molecule has 3 rings (SSSR count). The Morgan fingerprint density at radius 3 is 2.71 bits per heavy atom. The van der Waals surface area contributed by atoms with Gasteiger partial charge in [0.15, 0.2) is 9.84 Å². The Morgan fingerprint density at radius 2 is 2.05 bits per heavy atom. The molecule has 0 amide bonds. The van der Waals surface area contributed by atoms with Crippen molar-refractivity contribution in [1.82, 2.24) is 4.90 Å². The second-order valence-corrected chi connectivity index (χ2v) is 8.65. The maximum Gasteiger partial charge on any atom is 0.152 e. The zero-order valence-corrected chi connectivity index (χ0v) is 13.2. The fourth-order valence-corrected chi connectivity index (χ4v) is 5.89. The van der Waals surface area contributed by atoms with Crippen molar-refractivity contribution in [3.8, 4) is 0 Å². The summed E-state index contributed by atoms with van der Waals surface area (Å²) in [6, 6.07) is 10.5. The van der Waals surface area contributed by atoms with Crippen LogP contribution in [0, 0.1) is 0 Å². The molecule has 2 atom stereocenters. The molecule has 0 spiro atoms. The first-order valence-electron chi connectivity index (χ1n) is 7.75. The van der Waals surface area contributed by atoms with E-state index in [2.05, 4.69) is 29.2 Å². The number of benzene rings is 1. The highest BCUT2D eigenvalue weighted by molar-refractivity contribution is 7.91. The van der Waals surface area contributed by atoms with E-state index >= 15 is 0 Å². The van der Waals surface area contributed by atoms with E-state index in [-0.39, 0.29) is 11.3 Å². The highest BCUT2D eigenvalue weighted by Crippen LogP contribution is 2.36. The van der Waals surface area contributed by atoms with Crippen molar-refractivity contribution in [1.29, 1.82) is 0 Å². The third-order valence-corrected chi connectivity index (χ3v) is 6.98. The van der Waals surface area contributed by atoms with Crippen LogP contribution in [0.4, 0.5) is 0 Å². The molecule has 21 heavy (non-hydrogen) atoms. The summed E-state index contributed by atoms with van der Waals surface area (Å²) in [5.74, 6) is 1.06. The van der Waals surface area contributed by atoms with E-state index in [1.165, 1.54) is 5.56 Å². The van der Waals surface area contributed by atoms with Gasteiger partial charge in [0.25, 0.3) is 0 Å². The molecule has 0 radical (unpaired) electrons. The third-order valence-electron chi connectivity index (χ3n) is 5.10. The summed E-state index contributed by atoms with van der Waals surface area (Å²) in [5.41, 5.74) is 7.04. The number of nitrogens with zero attached hydrogens (tertiary/aromatic N) is 1. The lowest BCUT2D eigenvalue weighted by Crippen LogP contribution is -2.59. The molecule has 2 heterocycles. The molecule has 4 nitrogen and oxygen atoms in total. The summed E-state index contributed by atoms with van der Waals surface area (Å²) in [6.07, 6.45) is 2.74. The maximum absolute atomic E-state index is 12.1. The SMILES string of the molecule is NCC1(N2CCC(c3ccccc3)C2)CCCS(=O)(=O)C1. The standard InChI is InChI=1S/C16H24N2O2S/c17-12-16(8-4-10-21(19,20)13-16)18-9-7-15(11-18)14-5-2-1-3-6-14/h1-3,5-6,15H,4,7-13,17H2. The summed E-state index contributed by atoms with van der Waals surface area (Å²) in [4.78, 5) is 2.35. The average molecular weight is 308 g/mol. The Kier molecular flexibility index (Phi) is 4.08. The van der Waals surface area contributed by atoms with Crippen molar-refractivity contribution >= 4 is 9.84 Å². The van der Waals surface area contributed by atoms with Gasteiger partial charge in [-0.1, -0.05) is 30.3 Å². The van der Waals surface area contributed by atoms with Crippen LogP contribution < -0.4 is 5.73 Å². The molecule has 2 N–H and O–H groups in total. The zero-order chi connectivity index (χ0) is 14.9. The number of hydrogen-bond donors (Lipinski definition) is 1. The lowest BCUT2D eigenvalue weighted by atomic mass is 9.93. The fraction of sp³-hybridized carbons (Fsp3) is 0.625. The van der Waals surface area contributed by atoms with E-state index in [9.17, 15) is 8.42 Å². The minimum absolute atomic E-state index is 0.234. The predicted molar refractivity (Wildman–Crippen MR) is 85.0 cm³/mol. The first-order valence-corrected chi connectivity index (χ1v) is 9.57. The van der Waals surface area contributed by atoms with Gasteiger partial charge in [-0.05, 0) is 37.3 Å². The van der Waals surface area contributed by atoms with Crippen LogP contribution in [0.2, 0.25) is 0 Å².